The Morgan fingerprint density at radius 3 is 1.36 bits per heavy atom. The van der Waals surface area contributed by atoms with E-state index < -0.39 is 0 Å². The summed E-state index contributed by atoms with van der Waals surface area (Å²) in [7, 11) is 0. The van der Waals surface area contributed by atoms with Gasteiger partial charge in [0.1, 0.15) is 0 Å². The van der Waals surface area contributed by atoms with E-state index in [0.29, 0.717) is 35.7 Å². The zero-order valence-electron chi connectivity index (χ0n) is 26.8. The van der Waals surface area contributed by atoms with Gasteiger partial charge in [-0.3, -0.25) is 9.59 Å². The molecule has 2 amide bonds. The highest BCUT2D eigenvalue weighted by Crippen LogP contribution is 2.30. The minimum absolute atomic E-state index is 0.292. The van der Waals surface area contributed by atoms with Gasteiger partial charge in [0.2, 0.25) is 11.8 Å². The molecule has 4 heterocycles. The highest BCUT2D eigenvalue weighted by atomic mass is 16.2. The molecule has 1 unspecified atom stereocenters. The van der Waals surface area contributed by atoms with Gasteiger partial charge in [0.05, 0.1) is 0 Å². The van der Waals surface area contributed by atoms with Gasteiger partial charge >= 0.3 is 0 Å². The fraction of sp³-hybridized carbons (Fsp3) is 0.939. The summed E-state index contributed by atoms with van der Waals surface area (Å²) in [5.41, 5.74) is 0. The minimum Gasteiger partial charge on any atom is -0.342 e. The van der Waals surface area contributed by atoms with Gasteiger partial charge in [-0.05, 0) is 116 Å². The summed E-state index contributed by atoms with van der Waals surface area (Å²) >= 11 is 0. The van der Waals surface area contributed by atoms with Crippen LogP contribution in [0.3, 0.4) is 0 Å². The van der Waals surface area contributed by atoms with Gasteiger partial charge in [0, 0.05) is 50.1 Å². The van der Waals surface area contributed by atoms with Crippen LogP contribution in [-0.2, 0) is 9.59 Å². The predicted molar refractivity (Wildman–Crippen MR) is 163 cm³/mol. The molecule has 0 aromatic rings. The highest BCUT2D eigenvalue weighted by Gasteiger charge is 2.37. The Bertz CT molecular complexity index is 739. The second-order valence-electron chi connectivity index (χ2n) is 14.1. The van der Waals surface area contributed by atoms with E-state index in [4.69, 9.17) is 0 Å². The van der Waals surface area contributed by atoms with Crippen LogP contribution in [0, 0.1) is 35.5 Å². The number of nitrogens with zero attached hydrogens (tertiary/aromatic N) is 4. The number of rotatable bonds is 7. The van der Waals surface area contributed by atoms with Crippen molar-refractivity contribution in [3.63, 3.8) is 0 Å². The second kappa shape index (κ2) is 15.2. The first-order valence-electron chi connectivity index (χ1n) is 16.6. The monoisotopic (exact) mass is 546 g/mol. The zero-order chi connectivity index (χ0) is 28.7. The van der Waals surface area contributed by atoms with E-state index in [1.807, 2.05) is 0 Å². The van der Waals surface area contributed by atoms with Crippen LogP contribution in [0.15, 0.2) is 0 Å². The van der Waals surface area contributed by atoms with Crippen molar-refractivity contribution in [1.29, 1.82) is 0 Å². The Kier molecular flexibility index (Phi) is 12.6. The number of hydrogen-bond acceptors (Lipinski definition) is 4. The molecule has 4 fully saturated rings. The summed E-state index contributed by atoms with van der Waals surface area (Å²) in [5, 5.41) is 0. The number of likely N-dealkylation sites (tertiary alicyclic amines) is 4. The van der Waals surface area contributed by atoms with Crippen molar-refractivity contribution in [2.75, 3.05) is 52.4 Å². The lowest BCUT2D eigenvalue weighted by Crippen LogP contribution is -2.55. The summed E-state index contributed by atoms with van der Waals surface area (Å²) in [5.74, 6) is 4.57. The Morgan fingerprint density at radius 1 is 0.590 bits per heavy atom. The quantitative estimate of drug-likeness (QED) is 0.416. The molecule has 4 saturated heterocycles. The van der Waals surface area contributed by atoms with Crippen molar-refractivity contribution in [3.05, 3.63) is 0 Å². The van der Waals surface area contributed by atoms with E-state index >= 15 is 0 Å². The summed E-state index contributed by atoms with van der Waals surface area (Å²) in [6, 6.07) is 1.24. The first-order chi connectivity index (χ1) is 18.5. The standard InChI is InChI=1S/C18H34N2O.C15H28N2O/c1-5-15(4)16-6-12-20(13-7-16)18(21)17-8-10-19(11-9-17)14(2)3;1-11(2)14-9-17(10-14)15(18)13-5-7-16(8-6-13)12(3)4/h14-17H,5-13H2,1-4H3;11-14H,5-10H2,1-4H3. The number of carbonyl (C=O) groups is 2. The van der Waals surface area contributed by atoms with E-state index in [9.17, 15) is 9.59 Å². The molecular weight excluding hydrogens is 484 g/mol. The van der Waals surface area contributed by atoms with E-state index in [1.54, 1.807) is 0 Å². The lowest BCUT2D eigenvalue weighted by molar-refractivity contribution is -0.144. The number of carbonyl (C=O) groups excluding carboxylic acids is 2. The smallest absolute Gasteiger partial charge is 0.225 e. The molecule has 6 heteroatoms. The van der Waals surface area contributed by atoms with Crippen LogP contribution in [0.4, 0.5) is 0 Å². The first-order valence-corrected chi connectivity index (χ1v) is 16.6. The number of amides is 2. The molecule has 4 rings (SSSR count). The van der Waals surface area contributed by atoms with Crippen molar-refractivity contribution in [3.8, 4) is 0 Å². The third kappa shape index (κ3) is 8.92. The third-order valence-electron chi connectivity index (χ3n) is 10.7. The zero-order valence-corrected chi connectivity index (χ0v) is 26.8. The Hall–Kier alpha value is -1.14. The predicted octanol–water partition coefficient (Wildman–Crippen LogP) is 5.61. The van der Waals surface area contributed by atoms with Gasteiger partial charge in [-0.15, -0.1) is 0 Å². The molecule has 0 spiro atoms. The Balaban J connectivity index is 0.000000218. The van der Waals surface area contributed by atoms with Gasteiger partial charge in [0.25, 0.3) is 0 Å². The molecule has 39 heavy (non-hydrogen) atoms. The minimum atomic E-state index is 0.292. The maximum absolute atomic E-state index is 12.7. The maximum atomic E-state index is 12.7. The summed E-state index contributed by atoms with van der Waals surface area (Å²) in [6.07, 6.45) is 7.92. The normalized spacial score (nSPS) is 24.2. The topological polar surface area (TPSA) is 47.1 Å². The summed E-state index contributed by atoms with van der Waals surface area (Å²) in [6.45, 7) is 26.5. The largest absolute Gasteiger partial charge is 0.342 e. The van der Waals surface area contributed by atoms with Gasteiger partial charge in [-0.2, -0.15) is 0 Å². The van der Waals surface area contributed by atoms with Crippen molar-refractivity contribution in [2.24, 2.45) is 35.5 Å². The summed E-state index contributed by atoms with van der Waals surface area (Å²) in [4.78, 5) is 34.2. The van der Waals surface area contributed by atoms with Gasteiger partial charge in [-0.1, -0.05) is 34.1 Å². The van der Waals surface area contributed by atoms with Crippen LogP contribution in [-0.4, -0.2) is 95.9 Å². The molecule has 0 aliphatic carbocycles. The van der Waals surface area contributed by atoms with Crippen molar-refractivity contribution < 1.29 is 9.59 Å². The Labute approximate surface area is 241 Å². The molecule has 6 nitrogen and oxygen atoms in total. The molecule has 0 bridgehead atoms. The molecule has 226 valence electrons. The molecule has 0 aromatic carbocycles. The van der Waals surface area contributed by atoms with Crippen LogP contribution >= 0.6 is 0 Å². The fourth-order valence-electron chi connectivity index (χ4n) is 6.98. The molecular formula is C33H62N4O2. The summed E-state index contributed by atoms with van der Waals surface area (Å²) < 4.78 is 0. The lowest BCUT2D eigenvalue weighted by atomic mass is 9.83. The van der Waals surface area contributed by atoms with Crippen LogP contribution in [0.5, 0.6) is 0 Å². The molecule has 4 aliphatic heterocycles. The molecule has 1 atom stereocenters. The van der Waals surface area contributed by atoms with Gasteiger partial charge in [-0.25, -0.2) is 0 Å². The van der Waals surface area contributed by atoms with Gasteiger partial charge in [0.15, 0.2) is 0 Å². The maximum Gasteiger partial charge on any atom is 0.225 e. The van der Waals surface area contributed by atoms with Crippen LogP contribution in [0.25, 0.3) is 0 Å². The fourth-order valence-corrected chi connectivity index (χ4v) is 6.98. The average Bonchev–Trinajstić information content (AvgIpc) is 2.91. The molecule has 0 saturated carbocycles. The SMILES string of the molecule is CC(C)C1CN(C(=O)C2CCN(C(C)C)CC2)C1.CCC(C)C1CCN(C(=O)C2CCN(C(C)C)CC2)CC1. The Morgan fingerprint density at radius 2 is 1.00 bits per heavy atom. The lowest BCUT2D eigenvalue weighted by Gasteiger charge is -2.44. The average molecular weight is 547 g/mol. The van der Waals surface area contributed by atoms with E-state index in [2.05, 4.69) is 75.0 Å². The van der Waals surface area contributed by atoms with Crippen molar-refractivity contribution >= 4 is 11.8 Å². The van der Waals surface area contributed by atoms with Crippen molar-refractivity contribution in [2.45, 2.75) is 112 Å². The number of piperidine rings is 3. The van der Waals surface area contributed by atoms with Gasteiger partial charge < -0.3 is 19.6 Å². The van der Waals surface area contributed by atoms with Crippen molar-refractivity contribution in [1.82, 2.24) is 19.6 Å². The molecule has 0 radical (unpaired) electrons. The molecule has 4 aliphatic rings. The third-order valence-corrected chi connectivity index (χ3v) is 10.7. The molecule has 0 aromatic heterocycles. The highest BCUT2D eigenvalue weighted by molar-refractivity contribution is 5.80. The number of hydrogen-bond donors (Lipinski definition) is 0. The van der Waals surface area contributed by atoms with Crippen LogP contribution in [0.1, 0.15) is 100 Å². The molecule has 0 N–H and O–H groups in total. The van der Waals surface area contributed by atoms with E-state index in [0.717, 1.165) is 102 Å². The van der Waals surface area contributed by atoms with E-state index in [-0.39, 0.29) is 0 Å². The van der Waals surface area contributed by atoms with Crippen LogP contribution < -0.4 is 0 Å². The second-order valence-corrected chi connectivity index (χ2v) is 14.1. The van der Waals surface area contributed by atoms with E-state index in [1.165, 1.54) is 19.3 Å². The first kappa shape index (κ1) is 32.4. The van der Waals surface area contributed by atoms with Crippen LogP contribution in [0.2, 0.25) is 0 Å².